The van der Waals surface area contributed by atoms with Crippen LogP contribution in [0.25, 0.3) is 0 Å². The van der Waals surface area contributed by atoms with Crippen LogP contribution in [-0.4, -0.2) is 24.9 Å². The van der Waals surface area contributed by atoms with Gasteiger partial charge in [-0.25, -0.2) is 0 Å². The van der Waals surface area contributed by atoms with Gasteiger partial charge in [0.2, 0.25) is 11.8 Å². The molecule has 0 aromatic heterocycles. The zero-order valence-electron chi connectivity index (χ0n) is 15.1. The molecule has 2 aromatic carbocycles. The van der Waals surface area contributed by atoms with Crippen LogP contribution in [0, 0.1) is 13.8 Å². The summed E-state index contributed by atoms with van der Waals surface area (Å²) in [6, 6.07) is 11.2. The lowest BCUT2D eigenvalue weighted by atomic mass is 10.1. The number of nitrogens with zero attached hydrogens (tertiary/aromatic N) is 1. The Bertz CT molecular complexity index is 798. The molecule has 138 valence electrons. The lowest BCUT2D eigenvalue weighted by Gasteiger charge is -2.24. The molecule has 1 N–H and O–H groups in total. The van der Waals surface area contributed by atoms with E-state index >= 15 is 0 Å². The van der Waals surface area contributed by atoms with Crippen LogP contribution in [0.5, 0.6) is 0 Å². The normalized spacial score (nSPS) is 10.5. The maximum absolute atomic E-state index is 12.3. The molecule has 2 aromatic rings. The number of carbonyl (C=O) groups excluding carboxylic acids is 2. The molecule has 0 atom stereocenters. The molecule has 0 saturated carbocycles. The molecule has 0 aliphatic rings. The van der Waals surface area contributed by atoms with Gasteiger partial charge in [-0.05, 0) is 55.2 Å². The number of halogens is 2. The van der Waals surface area contributed by atoms with Crippen molar-refractivity contribution in [3.05, 3.63) is 63.1 Å². The molecule has 26 heavy (non-hydrogen) atoms. The van der Waals surface area contributed by atoms with Crippen molar-refractivity contribution in [2.75, 3.05) is 18.0 Å². The van der Waals surface area contributed by atoms with Gasteiger partial charge in [0.25, 0.3) is 0 Å². The predicted molar refractivity (Wildman–Crippen MR) is 107 cm³/mol. The Labute approximate surface area is 164 Å². The monoisotopic (exact) mass is 392 g/mol. The number of rotatable bonds is 6. The molecule has 0 unspecified atom stereocenters. The third kappa shape index (κ3) is 5.48. The number of aryl methyl sites for hydroxylation is 2. The quantitative estimate of drug-likeness (QED) is 0.795. The number of benzene rings is 2. The molecule has 2 rings (SSSR count). The molecule has 0 fully saturated rings. The number of hydrogen-bond donors (Lipinski definition) is 1. The van der Waals surface area contributed by atoms with Crippen molar-refractivity contribution >= 4 is 40.7 Å². The van der Waals surface area contributed by atoms with E-state index in [1.54, 1.807) is 6.07 Å². The summed E-state index contributed by atoms with van der Waals surface area (Å²) in [6.07, 6.45) is 0.663. The molecule has 0 spiro atoms. The minimum atomic E-state index is -0.238. The lowest BCUT2D eigenvalue weighted by Crippen LogP contribution is -2.41. The highest BCUT2D eigenvalue weighted by Crippen LogP contribution is 2.31. The van der Waals surface area contributed by atoms with Gasteiger partial charge in [0.05, 0.1) is 10.7 Å². The molecule has 0 aliphatic carbocycles. The fraction of sp³-hybridized carbons (Fsp3) is 0.300. The Hall–Kier alpha value is -2.04. The van der Waals surface area contributed by atoms with E-state index < -0.39 is 0 Å². The first-order chi connectivity index (χ1) is 12.3. The Morgan fingerprint density at radius 1 is 1.12 bits per heavy atom. The average molecular weight is 393 g/mol. The van der Waals surface area contributed by atoms with Crippen molar-refractivity contribution in [3.63, 3.8) is 0 Å². The highest BCUT2D eigenvalue weighted by atomic mass is 35.5. The summed E-state index contributed by atoms with van der Waals surface area (Å²) < 4.78 is 0. The second-order valence-electron chi connectivity index (χ2n) is 6.25. The molecule has 0 aliphatic heterocycles. The van der Waals surface area contributed by atoms with Crippen LogP contribution in [0.15, 0.2) is 36.4 Å². The highest BCUT2D eigenvalue weighted by molar-refractivity contribution is 6.34. The summed E-state index contributed by atoms with van der Waals surface area (Å²) >= 11 is 12.3. The SMILES string of the molecule is CC(=O)N(CC(=O)NCCc1cccc(Cl)c1)c1c(C)cc(C)cc1Cl. The molecule has 6 heteroatoms. The van der Waals surface area contributed by atoms with Crippen molar-refractivity contribution in [1.82, 2.24) is 5.32 Å². The van der Waals surface area contributed by atoms with Gasteiger partial charge in [0.1, 0.15) is 6.54 Å². The van der Waals surface area contributed by atoms with Gasteiger partial charge in [0, 0.05) is 18.5 Å². The van der Waals surface area contributed by atoms with E-state index in [0.717, 1.165) is 16.7 Å². The van der Waals surface area contributed by atoms with E-state index in [1.807, 2.05) is 44.2 Å². The van der Waals surface area contributed by atoms with Crippen molar-refractivity contribution in [2.45, 2.75) is 27.2 Å². The highest BCUT2D eigenvalue weighted by Gasteiger charge is 2.20. The fourth-order valence-corrected chi connectivity index (χ4v) is 3.47. The summed E-state index contributed by atoms with van der Waals surface area (Å²) in [5.41, 5.74) is 3.48. The van der Waals surface area contributed by atoms with E-state index in [4.69, 9.17) is 23.2 Å². The average Bonchev–Trinajstić information content (AvgIpc) is 2.53. The first-order valence-corrected chi connectivity index (χ1v) is 9.09. The van der Waals surface area contributed by atoms with E-state index in [-0.39, 0.29) is 18.4 Å². The number of carbonyl (C=O) groups is 2. The van der Waals surface area contributed by atoms with Crippen LogP contribution < -0.4 is 10.2 Å². The predicted octanol–water partition coefficient (Wildman–Crippen LogP) is 4.32. The molecule has 0 radical (unpaired) electrons. The zero-order valence-corrected chi connectivity index (χ0v) is 16.6. The minimum absolute atomic E-state index is 0.0749. The molecule has 2 amide bonds. The molecular weight excluding hydrogens is 371 g/mol. The lowest BCUT2D eigenvalue weighted by molar-refractivity contribution is -0.123. The Morgan fingerprint density at radius 3 is 2.46 bits per heavy atom. The van der Waals surface area contributed by atoms with Gasteiger partial charge in [-0.15, -0.1) is 0 Å². The summed E-state index contributed by atoms with van der Waals surface area (Å²) in [6.45, 7) is 5.62. The fourth-order valence-electron chi connectivity index (χ4n) is 2.84. The van der Waals surface area contributed by atoms with Gasteiger partial charge >= 0.3 is 0 Å². The largest absolute Gasteiger partial charge is 0.354 e. The first-order valence-electron chi connectivity index (χ1n) is 8.34. The van der Waals surface area contributed by atoms with Gasteiger partial charge in [0.15, 0.2) is 0 Å². The van der Waals surface area contributed by atoms with Crippen LogP contribution in [0.1, 0.15) is 23.6 Å². The molecule has 0 heterocycles. The van der Waals surface area contributed by atoms with Crippen LogP contribution >= 0.6 is 23.2 Å². The topological polar surface area (TPSA) is 49.4 Å². The number of amides is 2. The maximum Gasteiger partial charge on any atom is 0.240 e. The van der Waals surface area contributed by atoms with Crippen molar-refractivity contribution < 1.29 is 9.59 Å². The van der Waals surface area contributed by atoms with Crippen molar-refractivity contribution in [2.24, 2.45) is 0 Å². The Kier molecular flexibility index (Phi) is 7.06. The number of nitrogens with one attached hydrogen (secondary N) is 1. The van der Waals surface area contributed by atoms with Gasteiger partial charge in [-0.1, -0.05) is 41.4 Å². The molecular formula is C20H22Cl2N2O2. The maximum atomic E-state index is 12.3. The number of hydrogen-bond acceptors (Lipinski definition) is 2. The number of anilines is 1. The van der Waals surface area contributed by atoms with Gasteiger partial charge in [-0.2, -0.15) is 0 Å². The van der Waals surface area contributed by atoms with E-state index in [1.165, 1.54) is 11.8 Å². The smallest absolute Gasteiger partial charge is 0.240 e. The summed E-state index contributed by atoms with van der Waals surface area (Å²) in [5, 5.41) is 3.97. The van der Waals surface area contributed by atoms with Crippen LogP contribution in [-0.2, 0) is 16.0 Å². The Balaban J connectivity index is 2.01. The molecule has 4 nitrogen and oxygen atoms in total. The van der Waals surface area contributed by atoms with Crippen molar-refractivity contribution in [1.29, 1.82) is 0 Å². The third-order valence-corrected chi connectivity index (χ3v) is 4.50. The van der Waals surface area contributed by atoms with Crippen LogP contribution in [0.3, 0.4) is 0 Å². The van der Waals surface area contributed by atoms with E-state index in [2.05, 4.69) is 5.32 Å². The minimum Gasteiger partial charge on any atom is -0.354 e. The summed E-state index contributed by atoms with van der Waals surface area (Å²) in [7, 11) is 0. The summed E-state index contributed by atoms with van der Waals surface area (Å²) in [5.74, 6) is -0.470. The van der Waals surface area contributed by atoms with Gasteiger partial charge < -0.3 is 10.2 Å². The van der Waals surface area contributed by atoms with E-state index in [9.17, 15) is 9.59 Å². The van der Waals surface area contributed by atoms with E-state index in [0.29, 0.717) is 28.7 Å². The second kappa shape index (κ2) is 9.06. The van der Waals surface area contributed by atoms with Crippen molar-refractivity contribution in [3.8, 4) is 0 Å². The molecule has 0 bridgehead atoms. The summed E-state index contributed by atoms with van der Waals surface area (Å²) in [4.78, 5) is 25.8. The van der Waals surface area contributed by atoms with Crippen LogP contribution in [0.2, 0.25) is 10.0 Å². The van der Waals surface area contributed by atoms with Gasteiger partial charge in [-0.3, -0.25) is 9.59 Å². The standard InChI is InChI=1S/C20H22Cl2N2O2/c1-13-9-14(2)20(18(22)10-13)24(15(3)25)12-19(26)23-8-7-16-5-4-6-17(21)11-16/h4-6,9-11H,7-8,12H2,1-3H3,(H,23,26). The molecule has 0 saturated heterocycles. The van der Waals surface area contributed by atoms with Crippen LogP contribution in [0.4, 0.5) is 5.69 Å². The first kappa shape index (κ1) is 20.3. The second-order valence-corrected chi connectivity index (χ2v) is 7.09. The zero-order chi connectivity index (χ0) is 19.3. The third-order valence-electron chi connectivity index (χ3n) is 3.97. The Morgan fingerprint density at radius 2 is 1.85 bits per heavy atom.